The van der Waals surface area contributed by atoms with E-state index < -0.39 is 5.97 Å². The van der Waals surface area contributed by atoms with E-state index in [0.29, 0.717) is 16.3 Å². The molecule has 0 N–H and O–H groups in total. The molecule has 0 unspecified atom stereocenters. The molecule has 0 saturated carbocycles. The Balaban J connectivity index is 1.79. The number of ether oxygens (including phenoxy) is 2. The SMILES string of the molecule is CC(C)C(=O)Oc1ccc(C=C2N=C(c3cccc(Cl)c3)OC2=O)cc1. The zero-order valence-electron chi connectivity index (χ0n) is 14.2. The maximum absolute atomic E-state index is 12.0. The quantitative estimate of drug-likeness (QED) is 0.459. The molecule has 3 rings (SSSR count). The average molecular weight is 370 g/mol. The molecule has 0 amide bonds. The van der Waals surface area contributed by atoms with Gasteiger partial charge in [-0.2, -0.15) is 0 Å². The minimum absolute atomic E-state index is 0.187. The van der Waals surface area contributed by atoms with Crippen molar-refractivity contribution in [2.24, 2.45) is 10.9 Å². The molecular formula is C20H16ClNO4. The maximum atomic E-state index is 12.0. The number of hydrogen-bond acceptors (Lipinski definition) is 5. The number of benzene rings is 2. The van der Waals surface area contributed by atoms with Crippen LogP contribution in [0.3, 0.4) is 0 Å². The Bertz CT molecular complexity index is 914. The summed E-state index contributed by atoms with van der Waals surface area (Å²) in [6.45, 7) is 3.53. The van der Waals surface area contributed by atoms with Crippen molar-refractivity contribution in [3.63, 3.8) is 0 Å². The highest BCUT2D eigenvalue weighted by Crippen LogP contribution is 2.22. The molecular weight excluding hydrogens is 354 g/mol. The fourth-order valence-electron chi connectivity index (χ4n) is 2.18. The highest BCUT2D eigenvalue weighted by molar-refractivity contribution is 6.31. The van der Waals surface area contributed by atoms with E-state index in [1.165, 1.54) is 0 Å². The van der Waals surface area contributed by atoms with E-state index in [9.17, 15) is 9.59 Å². The second-order valence-electron chi connectivity index (χ2n) is 5.99. The van der Waals surface area contributed by atoms with E-state index in [2.05, 4.69) is 4.99 Å². The van der Waals surface area contributed by atoms with Gasteiger partial charge in [-0.25, -0.2) is 9.79 Å². The number of nitrogens with zero attached hydrogens (tertiary/aromatic N) is 1. The number of halogens is 1. The summed E-state index contributed by atoms with van der Waals surface area (Å²) in [4.78, 5) is 27.9. The van der Waals surface area contributed by atoms with Gasteiger partial charge in [0.25, 0.3) is 0 Å². The van der Waals surface area contributed by atoms with Crippen LogP contribution in [0.4, 0.5) is 0 Å². The third-order valence-corrected chi connectivity index (χ3v) is 3.80. The van der Waals surface area contributed by atoms with E-state index in [4.69, 9.17) is 21.1 Å². The topological polar surface area (TPSA) is 65.0 Å². The fraction of sp³-hybridized carbons (Fsp3) is 0.150. The molecule has 0 aliphatic carbocycles. The van der Waals surface area contributed by atoms with Crippen LogP contribution in [-0.2, 0) is 14.3 Å². The van der Waals surface area contributed by atoms with E-state index in [0.717, 1.165) is 5.56 Å². The zero-order valence-corrected chi connectivity index (χ0v) is 15.0. The second kappa shape index (κ2) is 7.54. The van der Waals surface area contributed by atoms with Crippen LogP contribution >= 0.6 is 11.6 Å². The van der Waals surface area contributed by atoms with Crippen LogP contribution in [0.5, 0.6) is 5.75 Å². The first-order chi connectivity index (χ1) is 12.4. The number of carbonyl (C=O) groups excluding carboxylic acids is 2. The third kappa shape index (κ3) is 4.18. The van der Waals surface area contributed by atoms with Gasteiger partial charge in [-0.05, 0) is 42.0 Å². The van der Waals surface area contributed by atoms with Crippen molar-refractivity contribution >= 4 is 35.5 Å². The molecule has 1 aliphatic rings. The number of aliphatic imine (C=N–C) groups is 1. The van der Waals surface area contributed by atoms with Gasteiger partial charge >= 0.3 is 11.9 Å². The molecule has 0 atom stereocenters. The molecule has 0 spiro atoms. The molecule has 26 heavy (non-hydrogen) atoms. The first-order valence-electron chi connectivity index (χ1n) is 8.02. The van der Waals surface area contributed by atoms with E-state index in [1.807, 2.05) is 0 Å². The van der Waals surface area contributed by atoms with Gasteiger partial charge in [0.05, 0.1) is 5.92 Å². The smallest absolute Gasteiger partial charge is 0.363 e. The van der Waals surface area contributed by atoms with Gasteiger partial charge in [-0.3, -0.25) is 4.79 Å². The highest BCUT2D eigenvalue weighted by atomic mass is 35.5. The van der Waals surface area contributed by atoms with Gasteiger partial charge in [-0.15, -0.1) is 0 Å². The Morgan fingerprint density at radius 3 is 2.58 bits per heavy atom. The van der Waals surface area contributed by atoms with Gasteiger partial charge in [-0.1, -0.05) is 43.6 Å². The molecule has 0 bridgehead atoms. The lowest BCUT2D eigenvalue weighted by Gasteiger charge is -2.06. The second-order valence-corrected chi connectivity index (χ2v) is 6.43. The van der Waals surface area contributed by atoms with E-state index in [1.54, 1.807) is 68.5 Å². The lowest BCUT2D eigenvalue weighted by Crippen LogP contribution is -2.14. The summed E-state index contributed by atoms with van der Waals surface area (Å²) in [7, 11) is 0. The Morgan fingerprint density at radius 2 is 1.92 bits per heavy atom. The number of hydrogen-bond donors (Lipinski definition) is 0. The molecule has 6 heteroatoms. The summed E-state index contributed by atoms with van der Waals surface area (Å²) in [6.07, 6.45) is 1.61. The largest absolute Gasteiger partial charge is 0.426 e. The molecule has 1 aliphatic heterocycles. The lowest BCUT2D eigenvalue weighted by atomic mass is 10.2. The molecule has 132 valence electrons. The van der Waals surface area contributed by atoms with Crippen molar-refractivity contribution in [2.45, 2.75) is 13.8 Å². The number of carbonyl (C=O) groups is 2. The van der Waals surface area contributed by atoms with Crippen LogP contribution in [0.1, 0.15) is 25.0 Å². The van der Waals surface area contributed by atoms with Gasteiger partial charge < -0.3 is 9.47 Å². The molecule has 2 aromatic rings. The van der Waals surface area contributed by atoms with Crippen molar-refractivity contribution < 1.29 is 19.1 Å². The van der Waals surface area contributed by atoms with Gasteiger partial charge in [0.2, 0.25) is 5.90 Å². The Morgan fingerprint density at radius 1 is 1.19 bits per heavy atom. The summed E-state index contributed by atoms with van der Waals surface area (Å²) < 4.78 is 10.4. The Hall–Kier alpha value is -2.92. The third-order valence-electron chi connectivity index (χ3n) is 3.57. The van der Waals surface area contributed by atoms with Crippen LogP contribution in [0.2, 0.25) is 5.02 Å². The average Bonchev–Trinajstić information content (AvgIpc) is 2.97. The van der Waals surface area contributed by atoms with Crippen molar-refractivity contribution in [3.8, 4) is 5.75 Å². The van der Waals surface area contributed by atoms with Crippen molar-refractivity contribution in [1.29, 1.82) is 0 Å². The Kier molecular flexibility index (Phi) is 5.19. The van der Waals surface area contributed by atoms with Crippen molar-refractivity contribution in [1.82, 2.24) is 0 Å². The molecule has 2 aromatic carbocycles. The minimum atomic E-state index is -0.532. The molecule has 1 heterocycles. The lowest BCUT2D eigenvalue weighted by molar-refractivity contribution is -0.137. The molecule has 0 aromatic heterocycles. The normalized spacial score (nSPS) is 15.2. The fourth-order valence-corrected chi connectivity index (χ4v) is 2.37. The monoisotopic (exact) mass is 369 g/mol. The van der Waals surface area contributed by atoms with Crippen LogP contribution < -0.4 is 4.74 Å². The molecule has 5 nitrogen and oxygen atoms in total. The zero-order chi connectivity index (χ0) is 18.7. The predicted octanol–water partition coefficient (Wildman–Crippen LogP) is 4.25. The first-order valence-corrected chi connectivity index (χ1v) is 8.40. The van der Waals surface area contributed by atoms with E-state index in [-0.39, 0.29) is 23.5 Å². The summed E-state index contributed by atoms with van der Waals surface area (Å²) in [6, 6.07) is 13.7. The van der Waals surface area contributed by atoms with Gasteiger partial charge in [0.15, 0.2) is 5.70 Å². The summed E-state index contributed by atoms with van der Waals surface area (Å²) >= 11 is 5.95. The molecule has 0 fully saturated rings. The summed E-state index contributed by atoms with van der Waals surface area (Å²) in [5, 5.41) is 0.533. The summed E-state index contributed by atoms with van der Waals surface area (Å²) in [5.74, 6) is -0.375. The van der Waals surface area contributed by atoms with Gasteiger partial charge in [0.1, 0.15) is 5.75 Å². The number of rotatable bonds is 4. The number of cyclic esters (lactones) is 1. The molecule has 0 radical (unpaired) electrons. The summed E-state index contributed by atoms with van der Waals surface area (Å²) in [5.41, 5.74) is 1.55. The van der Waals surface area contributed by atoms with Crippen LogP contribution in [0, 0.1) is 5.92 Å². The van der Waals surface area contributed by atoms with Crippen molar-refractivity contribution in [2.75, 3.05) is 0 Å². The maximum Gasteiger partial charge on any atom is 0.363 e. The Labute approximate surface area is 155 Å². The van der Waals surface area contributed by atoms with E-state index >= 15 is 0 Å². The first kappa shape index (κ1) is 17.9. The minimum Gasteiger partial charge on any atom is -0.426 e. The standard InChI is InChI=1S/C20H16ClNO4/c1-12(2)19(23)25-16-8-6-13(7-9-16)10-17-20(24)26-18(22-17)14-4-3-5-15(21)11-14/h3-12H,1-2H3. The van der Waals surface area contributed by atoms with Crippen LogP contribution in [0.15, 0.2) is 59.2 Å². The predicted molar refractivity (Wildman–Crippen MR) is 99.0 cm³/mol. The van der Waals surface area contributed by atoms with Crippen LogP contribution in [0.25, 0.3) is 6.08 Å². The van der Waals surface area contributed by atoms with Crippen LogP contribution in [-0.4, -0.2) is 17.8 Å². The highest BCUT2D eigenvalue weighted by Gasteiger charge is 2.24. The van der Waals surface area contributed by atoms with Crippen molar-refractivity contribution in [3.05, 3.63) is 70.4 Å². The number of esters is 2. The molecule has 0 saturated heterocycles. The van der Waals surface area contributed by atoms with Gasteiger partial charge in [0, 0.05) is 10.6 Å².